The number of hydrogen-bond acceptors (Lipinski definition) is 2. The Kier molecular flexibility index (Phi) is 4.95. The highest BCUT2D eigenvalue weighted by molar-refractivity contribution is 5.89. The normalized spacial score (nSPS) is 16.0. The molecule has 2 amide bonds. The van der Waals surface area contributed by atoms with E-state index in [2.05, 4.69) is 24.5 Å². The zero-order valence-electron chi connectivity index (χ0n) is 12.0. The van der Waals surface area contributed by atoms with Crippen LogP contribution in [0.25, 0.3) is 0 Å². The van der Waals surface area contributed by atoms with Crippen LogP contribution in [0.4, 0.5) is 14.9 Å². The highest BCUT2D eigenvalue weighted by atomic mass is 19.1. The Hall–Kier alpha value is -1.62. The first-order valence-electron chi connectivity index (χ1n) is 7.06. The molecule has 1 aliphatic rings. The van der Waals surface area contributed by atoms with Crippen molar-refractivity contribution in [1.82, 2.24) is 10.2 Å². The van der Waals surface area contributed by atoms with Crippen LogP contribution in [0.15, 0.2) is 24.3 Å². The highest BCUT2D eigenvalue weighted by Crippen LogP contribution is 2.17. The first kappa shape index (κ1) is 14.8. The number of benzene rings is 1. The molecule has 1 aromatic carbocycles. The molecule has 0 spiro atoms. The maximum atomic E-state index is 12.6. The molecule has 1 aliphatic heterocycles. The van der Waals surface area contributed by atoms with Gasteiger partial charge in [0.2, 0.25) is 0 Å². The van der Waals surface area contributed by atoms with E-state index in [0.717, 1.165) is 5.69 Å². The number of likely N-dealkylation sites (tertiary alicyclic amines) is 1. The molecule has 2 rings (SSSR count). The van der Waals surface area contributed by atoms with Crippen molar-refractivity contribution < 1.29 is 9.18 Å². The maximum absolute atomic E-state index is 12.6. The van der Waals surface area contributed by atoms with Crippen LogP contribution in [-0.4, -0.2) is 43.3 Å². The van der Waals surface area contributed by atoms with Crippen LogP contribution >= 0.6 is 0 Å². The molecule has 20 heavy (non-hydrogen) atoms. The van der Waals surface area contributed by atoms with E-state index in [0.29, 0.717) is 32.1 Å². The van der Waals surface area contributed by atoms with Crippen molar-refractivity contribution in [3.63, 3.8) is 0 Å². The van der Waals surface area contributed by atoms with Gasteiger partial charge in [0.15, 0.2) is 0 Å². The van der Waals surface area contributed by atoms with Gasteiger partial charge in [-0.2, -0.15) is 0 Å². The summed E-state index contributed by atoms with van der Waals surface area (Å²) in [5, 5.41) is 5.55. The third-order valence-electron chi connectivity index (χ3n) is 3.46. The SMILES string of the molecule is CC(C)c1ccc(NC(=O)NCCN2CC(F)C2)cc1. The topological polar surface area (TPSA) is 44.4 Å². The molecule has 1 aromatic rings. The molecule has 0 saturated carbocycles. The minimum atomic E-state index is -0.691. The number of nitrogens with zero attached hydrogens (tertiary/aromatic N) is 1. The number of nitrogens with one attached hydrogen (secondary N) is 2. The minimum absolute atomic E-state index is 0.223. The molecular formula is C15H22FN3O. The molecule has 0 unspecified atom stereocenters. The summed E-state index contributed by atoms with van der Waals surface area (Å²) in [6.07, 6.45) is -0.691. The average molecular weight is 279 g/mol. The molecular weight excluding hydrogens is 257 g/mol. The zero-order valence-corrected chi connectivity index (χ0v) is 12.0. The molecule has 2 N–H and O–H groups in total. The third-order valence-corrected chi connectivity index (χ3v) is 3.46. The summed E-state index contributed by atoms with van der Waals surface area (Å²) in [6.45, 7) is 6.46. The van der Waals surface area contributed by atoms with Crippen molar-refractivity contribution in [1.29, 1.82) is 0 Å². The molecule has 1 fully saturated rings. The van der Waals surface area contributed by atoms with Crippen LogP contribution in [0.3, 0.4) is 0 Å². The lowest BCUT2D eigenvalue weighted by Gasteiger charge is -2.34. The van der Waals surface area contributed by atoms with Gasteiger partial charge in [-0.1, -0.05) is 26.0 Å². The van der Waals surface area contributed by atoms with Crippen molar-refractivity contribution in [2.24, 2.45) is 0 Å². The van der Waals surface area contributed by atoms with Crippen molar-refractivity contribution in [3.8, 4) is 0 Å². The van der Waals surface area contributed by atoms with Crippen LogP contribution in [-0.2, 0) is 0 Å². The van der Waals surface area contributed by atoms with Crippen molar-refractivity contribution in [2.75, 3.05) is 31.5 Å². The van der Waals surface area contributed by atoms with Crippen molar-refractivity contribution in [2.45, 2.75) is 25.9 Å². The summed E-state index contributed by atoms with van der Waals surface area (Å²) in [5.74, 6) is 0.480. The number of amides is 2. The summed E-state index contributed by atoms with van der Waals surface area (Å²) < 4.78 is 12.6. The lowest BCUT2D eigenvalue weighted by atomic mass is 10.0. The summed E-state index contributed by atoms with van der Waals surface area (Å²) in [6, 6.07) is 7.61. The van der Waals surface area contributed by atoms with Gasteiger partial charge in [0.25, 0.3) is 0 Å². The molecule has 0 bridgehead atoms. The average Bonchev–Trinajstić information content (AvgIpc) is 2.37. The number of urea groups is 1. The van der Waals surface area contributed by atoms with Crippen LogP contribution in [0, 0.1) is 0 Å². The van der Waals surface area contributed by atoms with Crippen molar-refractivity contribution in [3.05, 3.63) is 29.8 Å². The maximum Gasteiger partial charge on any atom is 0.319 e. The van der Waals surface area contributed by atoms with Gasteiger partial charge in [-0.3, -0.25) is 4.90 Å². The first-order chi connectivity index (χ1) is 9.54. The van der Waals surface area contributed by atoms with Gasteiger partial charge in [0.05, 0.1) is 0 Å². The second-order valence-electron chi connectivity index (χ2n) is 5.51. The summed E-state index contributed by atoms with van der Waals surface area (Å²) in [7, 11) is 0. The zero-order chi connectivity index (χ0) is 14.5. The number of halogens is 1. The largest absolute Gasteiger partial charge is 0.337 e. The van der Waals surface area contributed by atoms with E-state index in [-0.39, 0.29) is 6.03 Å². The predicted octanol–water partition coefficient (Wildman–Crippen LogP) is 2.59. The van der Waals surface area contributed by atoms with Gasteiger partial charge in [0, 0.05) is 31.9 Å². The molecule has 0 radical (unpaired) electrons. The fourth-order valence-corrected chi connectivity index (χ4v) is 2.14. The van der Waals surface area contributed by atoms with Gasteiger partial charge in [0.1, 0.15) is 6.17 Å². The lowest BCUT2D eigenvalue weighted by Crippen LogP contribution is -2.51. The second kappa shape index (κ2) is 6.70. The van der Waals surface area contributed by atoms with Crippen molar-refractivity contribution >= 4 is 11.7 Å². The Morgan fingerprint density at radius 2 is 2.00 bits per heavy atom. The number of carbonyl (C=O) groups is 1. The Morgan fingerprint density at radius 1 is 1.35 bits per heavy atom. The Labute approximate surface area is 119 Å². The number of anilines is 1. The smallest absolute Gasteiger partial charge is 0.319 e. The number of carbonyl (C=O) groups excluding carboxylic acids is 1. The Balaban J connectivity index is 1.68. The fraction of sp³-hybridized carbons (Fsp3) is 0.533. The summed E-state index contributed by atoms with van der Waals surface area (Å²) >= 11 is 0. The molecule has 110 valence electrons. The van der Waals surface area contributed by atoms with E-state index in [1.54, 1.807) is 0 Å². The van der Waals surface area contributed by atoms with E-state index in [1.165, 1.54) is 5.56 Å². The van der Waals surface area contributed by atoms with Crippen LogP contribution in [0.2, 0.25) is 0 Å². The fourth-order valence-electron chi connectivity index (χ4n) is 2.14. The Morgan fingerprint density at radius 3 is 2.55 bits per heavy atom. The highest BCUT2D eigenvalue weighted by Gasteiger charge is 2.25. The second-order valence-corrected chi connectivity index (χ2v) is 5.51. The molecule has 4 nitrogen and oxygen atoms in total. The lowest BCUT2D eigenvalue weighted by molar-refractivity contribution is 0.0676. The molecule has 0 aliphatic carbocycles. The van der Waals surface area contributed by atoms with Gasteiger partial charge in [-0.25, -0.2) is 9.18 Å². The van der Waals surface area contributed by atoms with Gasteiger partial charge < -0.3 is 10.6 Å². The van der Waals surface area contributed by atoms with E-state index in [1.807, 2.05) is 29.2 Å². The molecule has 5 heteroatoms. The van der Waals surface area contributed by atoms with E-state index < -0.39 is 6.17 Å². The minimum Gasteiger partial charge on any atom is -0.337 e. The summed E-state index contributed by atoms with van der Waals surface area (Å²) in [5.41, 5.74) is 2.02. The van der Waals surface area contributed by atoms with Crippen LogP contribution < -0.4 is 10.6 Å². The number of alkyl halides is 1. The predicted molar refractivity (Wildman–Crippen MR) is 78.9 cm³/mol. The van der Waals surface area contributed by atoms with Gasteiger partial charge >= 0.3 is 6.03 Å². The quantitative estimate of drug-likeness (QED) is 0.870. The van der Waals surface area contributed by atoms with Gasteiger partial charge in [-0.15, -0.1) is 0 Å². The van der Waals surface area contributed by atoms with Crippen LogP contribution in [0.1, 0.15) is 25.3 Å². The summed E-state index contributed by atoms with van der Waals surface area (Å²) in [4.78, 5) is 13.6. The molecule has 0 aromatic heterocycles. The Bertz CT molecular complexity index is 441. The number of rotatable bonds is 5. The van der Waals surface area contributed by atoms with Crippen LogP contribution in [0.5, 0.6) is 0 Å². The molecule has 1 heterocycles. The third kappa shape index (κ3) is 4.20. The number of hydrogen-bond donors (Lipinski definition) is 2. The monoisotopic (exact) mass is 279 g/mol. The van der Waals surface area contributed by atoms with E-state index in [4.69, 9.17) is 0 Å². The molecule has 1 saturated heterocycles. The van der Waals surface area contributed by atoms with E-state index in [9.17, 15) is 9.18 Å². The standard InChI is InChI=1S/C15H22FN3O/c1-11(2)12-3-5-14(6-4-12)18-15(20)17-7-8-19-9-13(16)10-19/h3-6,11,13H,7-10H2,1-2H3,(H2,17,18,20). The van der Waals surface area contributed by atoms with Gasteiger partial charge in [-0.05, 0) is 23.6 Å². The first-order valence-corrected chi connectivity index (χ1v) is 7.06. The molecule has 0 atom stereocenters. The van der Waals surface area contributed by atoms with E-state index >= 15 is 0 Å².